The Morgan fingerprint density at radius 3 is 1.78 bits per heavy atom. The van der Waals surface area contributed by atoms with Crippen LogP contribution in [0.4, 0.5) is 14.4 Å². The number of hydrogen-bond acceptors (Lipinski definition) is 18. The van der Waals surface area contributed by atoms with Crippen LogP contribution in [0.2, 0.25) is 18.1 Å². The SMILES string of the molecule is CC(=O)O[C@@]12CO[C@@H]1C[C@H](OC(=O)OCc1ccccc1)[C@@]1(C)C(=O)[C@H](OC(=O)OCc3ccccc3)C3=C(C)[C@@H](OC(=O)[C@H](O[Si](C)(C)C(C)(C)C)[C@@H](NC(=O)OC(C)(C)C)c4ccccc4)C[C@@](O)([C@@H](OC(=O)c4ccccc4)C12)C3(C)C. The Balaban J connectivity index is 1.35. The fourth-order valence-corrected chi connectivity index (χ4v) is 13.3. The topological polar surface area (TPSA) is 244 Å². The van der Waals surface area contributed by atoms with E-state index in [-0.39, 0.29) is 36.3 Å². The number of fused-ring (bicyclic) bond motifs is 5. The maximum Gasteiger partial charge on any atom is 0.509 e. The first-order valence-electron chi connectivity index (χ1n) is 28.6. The molecule has 456 valence electrons. The highest BCUT2D eigenvalue weighted by Crippen LogP contribution is 2.65. The second kappa shape index (κ2) is 24.5. The van der Waals surface area contributed by atoms with Crippen LogP contribution in [0.1, 0.15) is 122 Å². The summed E-state index contributed by atoms with van der Waals surface area (Å²) in [6, 6.07) is 32.7. The van der Waals surface area contributed by atoms with Crippen molar-refractivity contribution in [3.8, 4) is 0 Å². The van der Waals surface area contributed by atoms with E-state index >= 15 is 14.4 Å². The van der Waals surface area contributed by atoms with Crippen LogP contribution in [0.3, 0.4) is 0 Å². The Morgan fingerprint density at radius 1 is 0.741 bits per heavy atom. The molecular weight excluding hydrogens is 1110 g/mol. The largest absolute Gasteiger partial charge is 0.509 e. The van der Waals surface area contributed by atoms with Crippen LogP contribution >= 0.6 is 0 Å². The molecule has 1 unspecified atom stereocenters. The molecule has 19 nitrogen and oxygen atoms in total. The van der Waals surface area contributed by atoms with E-state index in [0.29, 0.717) is 16.7 Å². The van der Waals surface area contributed by atoms with E-state index in [1.54, 1.807) is 151 Å². The smallest absolute Gasteiger partial charge is 0.456 e. The minimum Gasteiger partial charge on any atom is -0.456 e. The number of ketones is 1. The van der Waals surface area contributed by atoms with E-state index in [4.69, 9.17) is 47.1 Å². The van der Waals surface area contributed by atoms with Crippen LogP contribution in [0.25, 0.3) is 0 Å². The number of carbonyl (C=O) groups excluding carboxylic acids is 7. The number of amides is 1. The van der Waals surface area contributed by atoms with Gasteiger partial charge in [-0.25, -0.2) is 24.0 Å². The molecule has 1 saturated heterocycles. The molecule has 1 aliphatic heterocycles. The second-order valence-corrected chi connectivity index (χ2v) is 30.4. The van der Waals surface area contributed by atoms with Crippen LogP contribution in [0.15, 0.2) is 132 Å². The van der Waals surface area contributed by atoms with Crippen molar-refractivity contribution in [3.05, 3.63) is 155 Å². The maximum atomic E-state index is 16.8. The Labute approximate surface area is 497 Å². The van der Waals surface area contributed by atoms with E-state index in [0.717, 1.165) is 6.92 Å². The zero-order valence-electron chi connectivity index (χ0n) is 50.6. The molecular formula is C65H79NO18Si. The number of carbonyl (C=O) groups is 7. The lowest BCUT2D eigenvalue weighted by atomic mass is 9.44. The first-order valence-corrected chi connectivity index (χ1v) is 31.5. The van der Waals surface area contributed by atoms with Gasteiger partial charge in [0.2, 0.25) is 0 Å². The summed E-state index contributed by atoms with van der Waals surface area (Å²) in [6.07, 6.45) is -14.3. The van der Waals surface area contributed by atoms with Crippen molar-refractivity contribution in [2.75, 3.05) is 6.61 Å². The summed E-state index contributed by atoms with van der Waals surface area (Å²) in [7, 11) is -3.04. The highest BCUT2D eigenvalue weighted by Gasteiger charge is 2.79. The number of esters is 3. The molecule has 8 rings (SSSR count). The third-order valence-corrected chi connectivity index (χ3v) is 22.0. The zero-order valence-corrected chi connectivity index (χ0v) is 51.6. The molecule has 2 N–H and O–H groups in total. The van der Waals surface area contributed by atoms with Crippen molar-refractivity contribution in [1.82, 2.24) is 5.32 Å². The molecule has 11 atom stereocenters. The first kappa shape index (κ1) is 63.6. The highest BCUT2D eigenvalue weighted by molar-refractivity contribution is 6.74. The standard InChI is InChI=1S/C65H79NO18Si/c1-39-45(78-56(70)51(84-85(12,13)61(6,7)8)49(43-30-22-16-23-31-43)66-57(71)83-60(3,4)5)35-65(74)54(81-55(69)44-32-24-17-25-33-44)52-63(11,53(68)50(48(39)62(65,9)10)80-59(73)76-37-42-28-20-15-21-29-42)46(34-47-64(52,38-77-47)82-40(2)67)79-58(72)75-36-41-26-18-14-19-27-41/h14-33,45-47,49-52,54,74H,34-38H2,1-13H3,(H,66,71)/t45-,46-,47+,49-,50+,51+,52?,54-,63+,64-,65+/m0/s1. The summed E-state index contributed by atoms with van der Waals surface area (Å²) in [5.41, 5.74) is -7.85. The number of nitrogens with one attached hydrogen (secondary N) is 1. The highest BCUT2D eigenvalue weighted by atomic mass is 28.4. The Morgan fingerprint density at radius 2 is 1.27 bits per heavy atom. The van der Waals surface area contributed by atoms with Crippen molar-refractivity contribution in [1.29, 1.82) is 0 Å². The molecule has 4 aromatic rings. The average molecular weight is 1190 g/mol. The fourth-order valence-electron chi connectivity index (χ4n) is 12.1. The Bertz CT molecular complexity index is 3140. The average Bonchev–Trinajstić information content (AvgIpc) is 0.762. The Hall–Kier alpha value is -7.39. The normalized spacial score (nSPS) is 26.8. The summed E-state index contributed by atoms with van der Waals surface area (Å²) >= 11 is 0. The Kier molecular flexibility index (Phi) is 18.4. The molecule has 2 bridgehead atoms. The van der Waals surface area contributed by atoms with Gasteiger partial charge in [0.15, 0.2) is 31.9 Å². The summed E-state index contributed by atoms with van der Waals surface area (Å²) in [5, 5.41) is 16.9. The van der Waals surface area contributed by atoms with Gasteiger partial charge in [-0.15, -0.1) is 0 Å². The molecule has 3 fully saturated rings. The lowest BCUT2D eigenvalue weighted by Crippen LogP contribution is -2.82. The fraction of sp³-hybridized carbons (Fsp3) is 0.492. The molecule has 4 aliphatic rings. The minimum absolute atomic E-state index is 0.0261. The monoisotopic (exact) mass is 1190 g/mol. The predicted octanol–water partition coefficient (Wildman–Crippen LogP) is 11.0. The van der Waals surface area contributed by atoms with Crippen molar-refractivity contribution < 1.29 is 85.7 Å². The minimum atomic E-state index is -3.04. The van der Waals surface area contributed by atoms with Gasteiger partial charge in [-0.2, -0.15) is 0 Å². The first-order chi connectivity index (χ1) is 39.8. The van der Waals surface area contributed by atoms with Gasteiger partial charge in [0.1, 0.15) is 48.8 Å². The summed E-state index contributed by atoms with van der Waals surface area (Å²) < 4.78 is 62.7. The van der Waals surface area contributed by atoms with Gasteiger partial charge in [-0.05, 0) is 92.7 Å². The molecule has 0 radical (unpaired) electrons. The van der Waals surface area contributed by atoms with Crippen LogP contribution in [0, 0.1) is 16.7 Å². The van der Waals surface area contributed by atoms with E-state index in [1.807, 2.05) is 33.9 Å². The molecule has 1 heterocycles. The molecule has 85 heavy (non-hydrogen) atoms. The van der Waals surface area contributed by atoms with Crippen LogP contribution in [0.5, 0.6) is 0 Å². The third-order valence-electron chi connectivity index (χ3n) is 17.6. The van der Waals surface area contributed by atoms with Gasteiger partial charge in [0, 0.05) is 25.2 Å². The number of ether oxygens (including phenoxy) is 9. The number of Topliss-reactive ketones (excluding diaryl/α,β-unsaturated/α-hetero) is 1. The molecule has 4 aromatic carbocycles. The van der Waals surface area contributed by atoms with Crippen molar-refractivity contribution >= 4 is 50.4 Å². The zero-order chi connectivity index (χ0) is 62.1. The summed E-state index contributed by atoms with van der Waals surface area (Å²) in [6.45, 7) is 21.2. The maximum absolute atomic E-state index is 16.8. The predicted molar refractivity (Wildman–Crippen MR) is 311 cm³/mol. The molecule has 2 saturated carbocycles. The van der Waals surface area contributed by atoms with Gasteiger partial charge in [0.25, 0.3) is 0 Å². The van der Waals surface area contributed by atoms with E-state index < -0.39 is 145 Å². The molecule has 1 amide bonds. The number of hydrogen-bond donors (Lipinski definition) is 2. The molecule has 3 aliphatic carbocycles. The van der Waals surface area contributed by atoms with Gasteiger partial charge < -0.3 is 57.5 Å². The van der Waals surface area contributed by atoms with Gasteiger partial charge in [0.05, 0.1) is 29.5 Å². The quantitative estimate of drug-likeness (QED) is 0.0458. The number of aliphatic hydroxyl groups is 1. The molecule has 0 aromatic heterocycles. The number of benzene rings is 4. The van der Waals surface area contributed by atoms with E-state index in [1.165, 1.54) is 19.1 Å². The molecule has 0 spiro atoms. The molecule has 20 heteroatoms. The van der Waals surface area contributed by atoms with Crippen LogP contribution in [-0.2, 0) is 74.7 Å². The number of rotatable bonds is 16. The van der Waals surface area contributed by atoms with Crippen LogP contribution < -0.4 is 5.32 Å². The van der Waals surface area contributed by atoms with Gasteiger partial charge >= 0.3 is 36.3 Å². The van der Waals surface area contributed by atoms with Gasteiger partial charge in [-0.3, -0.25) is 9.59 Å². The van der Waals surface area contributed by atoms with Crippen molar-refractivity contribution in [2.24, 2.45) is 16.7 Å². The summed E-state index contributed by atoms with van der Waals surface area (Å²) in [5.74, 6) is -5.53. The lowest BCUT2D eigenvalue weighted by Gasteiger charge is -2.67. The third kappa shape index (κ3) is 13.1. The lowest BCUT2D eigenvalue weighted by molar-refractivity contribution is -0.346. The van der Waals surface area contributed by atoms with E-state index in [9.17, 15) is 24.3 Å². The second-order valence-electron chi connectivity index (χ2n) is 25.7. The number of alkyl carbamates (subject to hydrolysis) is 1. The van der Waals surface area contributed by atoms with E-state index in [2.05, 4.69) is 5.32 Å². The van der Waals surface area contributed by atoms with Crippen LogP contribution in [-0.4, -0.2) is 116 Å². The van der Waals surface area contributed by atoms with Crippen molar-refractivity contribution in [2.45, 2.75) is 180 Å². The van der Waals surface area contributed by atoms with Crippen molar-refractivity contribution in [3.63, 3.8) is 0 Å². The van der Waals surface area contributed by atoms with Gasteiger partial charge in [-0.1, -0.05) is 144 Å². The summed E-state index contributed by atoms with van der Waals surface area (Å²) in [4.78, 5) is 104.